The van der Waals surface area contributed by atoms with Crippen LogP contribution < -0.4 is 0 Å². The Kier molecular flexibility index (Phi) is 8.21. The summed E-state index contributed by atoms with van der Waals surface area (Å²) < 4.78 is 17.5. The van der Waals surface area contributed by atoms with Gasteiger partial charge in [0.2, 0.25) is 0 Å². The van der Waals surface area contributed by atoms with Crippen LogP contribution in [0.3, 0.4) is 0 Å². The first-order chi connectivity index (χ1) is 14.6. The summed E-state index contributed by atoms with van der Waals surface area (Å²) >= 11 is 0. The smallest absolute Gasteiger partial charge is 0.410 e. The zero-order valence-electron chi connectivity index (χ0n) is 21.2. The summed E-state index contributed by atoms with van der Waals surface area (Å²) in [5.74, 6) is -1.09. The highest BCUT2D eigenvalue weighted by Crippen LogP contribution is 2.43. The molecule has 2 rings (SSSR count). The van der Waals surface area contributed by atoms with Crippen molar-refractivity contribution < 1.29 is 28.3 Å². The van der Waals surface area contributed by atoms with E-state index in [9.17, 15) is 14.4 Å². The Hall–Kier alpha value is -1.46. The average Bonchev–Trinajstić information content (AvgIpc) is 3.04. The van der Waals surface area contributed by atoms with E-state index in [2.05, 4.69) is 53.5 Å². The highest BCUT2D eigenvalue weighted by molar-refractivity contribution is 6.76. The highest BCUT2D eigenvalue weighted by Gasteiger charge is 2.56. The number of carbonyl (C=O) groups is 3. The minimum absolute atomic E-state index is 0.0420. The molecule has 0 spiro atoms. The minimum atomic E-state index is -2.21. The van der Waals surface area contributed by atoms with Crippen LogP contribution in [0.25, 0.3) is 0 Å². The second kappa shape index (κ2) is 9.81. The van der Waals surface area contributed by atoms with Crippen LogP contribution in [0.1, 0.15) is 34.1 Å². The maximum absolute atomic E-state index is 13.3. The number of likely N-dealkylation sites (tertiary alicyclic amines) is 1. The van der Waals surface area contributed by atoms with Gasteiger partial charge in [0.05, 0.1) is 25.4 Å². The van der Waals surface area contributed by atoms with Crippen LogP contribution in [-0.4, -0.2) is 70.5 Å². The van der Waals surface area contributed by atoms with E-state index in [1.807, 2.05) is 0 Å². The van der Waals surface area contributed by atoms with Crippen LogP contribution in [0, 0.1) is 5.92 Å². The number of ketones is 1. The summed E-state index contributed by atoms with van der Waals surface area (Å²) in [5.41, 5.74) is 0. The van der Waals surface area contributed by atoms with E-state index in [4.69, 9.17) is 13.9 Å². The quantitative estimate of drug-likeness (QED) is 0.388. The van der Waals surface area contributed by atoms with Crippen molar-refractivity contribution in [1.82, 2.24) is 4.90 Å². The SMILES string of the molecule is CCOC(=O)[C@H]1C[C@H]2C(=O)C=C[C@H](O[Si](C)(C)C(C)(C)C)[C@H]2N1C(=O)OCC[Si](C)(C)C. The molecule has 1 fully saturated rings. The molecule has 1 aliphatic carbocycles. The monoisotopic (exact) mass is 483 g/mol. The number of rotatable bonds is 7. The molecular formula is C23H41NO6Si2. The lowest BCUT2D eigenvalue weighted by Gasteiger charge is -2.43. The Bertz CT molecular complexity index is 753. The molecule has 0 aromatic carbocycles. The van der Waals surface area contributed by atoms with Crippen LogP contribution >= 0.6 is 0 Å². The summed E-state index contributed by atoms with van der Waals surface area (Å²) in [6, 6.07) is -0.595. The molecule has 0 saturated carbocycles. The first-order valence-corrected chi connectivity index (χ1v) is 18.2. The average molecular weight is 484 g/mol. The standard InChI is InChI=1S/C23H41NO6Si2/c1-10-28-21(26)17-15-16-18(25)11-12-19(30-32(8,9)23(2,3)4)20(16)24(17)22(27)29-13-14-31(5,6)7/h11-12,16-17,19-20H,10,13-15H2,1-9H3/t16-,17+,19-,20-/m0/s1. The highest BCUT2D eigenvalue weighted by atomic mass is 28.4. The molecule has 9 heteroatoms. The van der Waals surface area contributed by atoms with Gasteiger partial charge < -0.3 is 13.9 Å². The van der Waals surface area contributed by atoms with Crippen LogP contribution in [0.5, 0.6) is 0 Å². The fraction of sp³-hybridized carbons (Fsp3) is 0.783. The summed E-state index contributed by atoms with van der Waals surface area (Å²) in [6.07, 6.45) is 2.48. The number of fused-ring (bicyclic) bond motifs is 1. The third-order valence-electron chi connectivity index (χ3n) is 6.78. The van der Waals surface area contributed by atoms with Crippen molar-refractivity contribution in [3.8, 4) is 0 Å². The van der Waals surface area contributed by atoms with Gasteiger partial charge in [0, 0.05) is 14.0 Å². The van der Waals surface area contributed by atoms with Gasteiger partial charge in [-0.25, -0.2) is 9.59 Å². The third-order valence-corrected chi connectivity index (χ3v) is 13.0. The predicted octanol–water partition coefficient (Wildman–Crippen LogP) is 4.61. The van der Waals surface area contributed by atoms with Gasteiger partial charge in [-0.3, -0.25) is 9.69 Å². The number of amides is 1. The minimum Gasteiger partial charge on any atom is -0.464 e. The molecule has 1 amide bonds. The maximum atomic E-state index is 13.3. The Labute approximate surface area is 195 Å². The summed E-state index contributed by atoms with van der Waals surface area (Å²) in [7, 11) is -3.60. The molecule has 0 aromatic rings. The van der Waals surface area contributed by atoms with Gasteiger partial charge in [0.1, 0.15) is 6.04 Å². The maximum Gasteiger partial charge on any atom is 0.410 e. The van der Waals surface area contributed by atoms with E-state index in [-0.39, 0.29) is 23.8 Å². The van der Waals surface area contributed by atoms with Crippen LogP contribution in [0.15, 0.2) is 12.2 Å². The van der Waals surface area contributed by atoms with E-state index >= 15 is 0 Å². The summed E-state index contributed by atoms with van der Waals surface area (Å²) in [4.78, 5) is 40.2. The number of hydrogen-bond acceptors (Lipinski definition) is 6. The van der Waals surface area contributed by atoms with Gasteiger partial charge in [0.25, 0.3) is 0 Å². The molecule has 1 heterocycles. The molecular weight excluding hydrogens is 442 g/mol. The molecule has 1 aliphatic heterocycles. The van der Waals surface area contributed by atoms with E-state index < -0.39 is 52.6 Å². The van der Waals surface area contributed by atoms with Gasteiger partial charge >= 0.3 is 12.1 Å². The number of nitrogens with zero attached hydrogens (tertiary/aromatic N) is 1. The number of esters is 1. The summed E-state index contributed by atoms with van der Waals surface area (Å²) in [6.45, 7) is 19.6. The third kappa shape index (κ3) is 6.11. The Morgan fingerprint density at radius 3 is 2.28 bits per heavy atom. The largest absolute Gasteiger partial charge is 0.464 e. The molecule has 7 nitrogen and oxygen atoms in total. The fourth-order valence-corrected chi connectivity index (χ4v) is 5.80. The molecule has 0 aromatic heterocycles. The second-order valence-corrected chi connectivity index (χ2v) is 21.9. The van der Waals surface area contributed by atoms with Crippen molar-refractivity contribution in [2.45, 2.75) is 96.1 Å². The molecule has 0 bridgehead atoms. The molecule has 0 unspecified atom stereocenters. The molecule has 1 saturated heterocycles. The van der Waals surface area contributed by atoms with Crippen LogP contribution in [0.4, 0.5) is 4.79 Å². The van der Waals surface area contributed by atoms with E-state index in [0.29, 0.717) is 6.61 Å². The molecule has 4 atom stereocenters. The fourth-order valence-electron chi connectivity index (χ4n) is 3.84. The molecule has 0 radical (unpaired) electrons. The number of ether oxygens (including phenoxy) is 2. The number of carbonyl (C=O) groups excluding carboxylic acids is 3. The van der Waals surface area contributed by atoms with Crippen molar-refractivity contribution in [3.05, 3.63) is 12.2 Å². The zero-order valence-corrected chi connectivity index (χ0v) is 23.2. The van der Waals surface area contributed by atoms with E-state index in [0.717, 1.165) is 6.04 Å². The molecule has 182 valence electrons. The van der Waals surface area contributed by atoms with Crippen LogP contribution in [0.2, 0.25) is 43.8 Å². The van der Waals surface area contributed by atoms with Gasteiger partial charge in [0.15, 0.2) is 14.1 Å². The van der Waals surface area contributed by atoms with E-state index in [1.54, 1.807) is 19.1 Å². The van der Waals surface area contributed by atoms with Gasteiger partial charge in [-0.2, -0.15) is 0 Å². The van der Waals surface area contributed by atoms with Crippen molar-refractivity contribution >= 4 is 34.2 Å². The second-order valence-electron chi connectivity index (χ2n) is 11.5. The van der Waals surface area contributed by atoms with Crippen molar-refractivity contribution in [1.29, 1.82) is 0 Å². The van der Waals surface area contributed by atoms with Crippen LogP contribution in [-0.2, 0) is 23.5 Å². The van der Waals surface area contributed by atoms with Crippen molar-refractivity contribution in [2.75, 3.05) is 13.2 Å². The zero-order chi connectivity index (χ0) is 24.5. The topological polar surface area (TPSA) is 82.1 Å². The lowest BCUT2D eigenvalue weighted by Crippen LogP contribution is -2.56. The molecule has 2 aliphatic rings. The summed E-state index contributed by atoms with van der Waals surface area (Å²) in [5, 5.41) is -0.0420. The van der Waals surface area contributed by atoms with Gasteiger partial charge in [-0.05, 0) is 43.6 Å². The Morgan fingerprint density at radius 1 is 1.12 bits per heavy atom. The normalized spacial score (nSPS) is 26.2. The molecule has 0 N–H and O–H groups in total. The van der Waals surface area contributed by atoms with Crippen molar-refractivity contribution in [2.24, 2.45) is 5.92 Å². The number of allylic oxidation sites excluding steroid dienone is 1. The first-order valence-electron chi connectivity index (χ1n) is 11.6. The van der Waals surface area contributed by atoms with Crippen molar-refractivity contribution in [3.63, 3.8) is 0 Å². The van der Waals surface area contributed by atoms with E-state index in [1.165, 1.54) is 4.90 Å². The van der Waals surface area contributed by atoms with Gasteiger partial charge in [-0.15, -0.1) is 0 Å². The first kappa shape index (κ1) is 26.8. The number of hydrogen-bond donors (Lipinski definition) is 0. The van der Waals surface area contributed by atoms with Gasteiger partial charge in [-0.1, -0.05) is 46.5 Å². The molecule has 32 heavy (non-hydrogen) atoms. The predicted molar refractivity (Wildman–Crippen MR) is 130 cm³/mol. The lowest BCUT2D eigenvalue weighted by molar-refractivity contribution is -0.148. The lowest BCUT2D eigenvalue weighted by atomic mass is 9.86. The Balaban J connectivity index is 2.37. The Morgan fingerprint density at radius 2 is 1.75 bits per heavy atom.